The van der Waals surface area contributed by atoms with Gasteiger partial charge in [-0.3, -0.25) is 0 Å². The number of benzene rings is 1. The molecule has 0 aliphatic heterocycles. The Morgan fingerprint density at radius 2 is 2.00 bits per heavy atom. The second-order valence-corrected chi connectivity index (χ2v) is 3.71. The van der Waals surface area contributed by atoms with Crippen molar-refractivity contribution in [2.75, 3.05) is 5.32 Å². The van der Waals surface area contributed by atoms with E-state index in [1.807, 2.05) is 18.2 Å². The molecule has 0 saturated heterocycles. The first-order valence-corrected chi connectivity index (χ1v) is 5.04. The Kier molecular flexibility index (Phi) is 4.12. The Labute approximate surface area is 95.6 Å². The number of allylic oxidation sites excluding steroid dienone is 1. The fraction of sp³-hybridized carbons (Fsp3) is 0.231. The summed E-state index contributed by atoms with van der Waals surface area (Å²) in [4.78, 5) is 0. The molecule has 0 spiro atoms. The largest absolute Gasteiger partial charge is 0.360 e. The summed E-state index contributed by atoms with van der Waals surface area (Å²) in [5.74, 6) is 0.456. The fourth-order valence-corrected chi connectivity index (χ4v) is 1.23. The van der Waals surface area contributed by atoms with Gasteiger partial charge in [0.1, 0.15) is 17.7 Å². The predicted molar refractivity (Wildman–Crippen MR) is 63.5 cm³/mol. The molecule has 3 nitrogen and oxygen atoms in total. The highest BCUT2D eigenvalue weighted by atomic mass is 14.8. The molecule has 1 aromatic carbocycles. The molecule has 0 aromatic heterocycles. The molecule has 1 rings (SSSR count). The van der Waals surface area contributed by atoms with E-state index < -0.39 is 0 Å². The lowest BCUT2D eigenvalue weighted by molar-refractivity contribution is 0.867. The van der Waals surface area contributed by atoms with E-state index in [2.05, 4.69) is 25.2 Å². The zero-order valence-electron chi connectivity index (χ0n) is 9.36. The standard InChI is InChI=1S/C13H13N3/c1-10(2)12-4-3-5-13(6-12)16-9-11(7-14)8-15/h3-6,9-10,16H,1-2H3. The van der Waals surface area contributed by atoms with Crippen molar-refractivity contribution in [1.29, 1.82) is 10.5 Å². The third-order valence-corrected chi connectivity index (χ3v) is 2.18. The average Bonchev–Trinajstić information content (AvgIpc) is 2.31. The minimum absolute atomic E-state index is 0.0648. The topological polar surface area (TPSA) is 59.6 Å². The summed E-state index contributed by atoms with van der Waals surface area (Å²) in [5, 5.41) is 20.1. The molecule has 0 aliphatic carbocycles. The van der Waals surface area contributed by atoms with E-state index in [-0.39, 0.29) is 5.57 Å². The van der Waals surface area contributed by atoms with Crippen molar-refractivity contribution < 1.29 is 0 Å². The molecule has 0 amide bonds. The van der Waals surface area contributed by atoms with Crippen LogP contribution in [0.4, 0.5) is 5.69 Å². The van der Waals surface area contributed by atoms with Crippen molar-refractivity contribution in [3.8, 4) is 12.1 Å². The summed E-state index contributed by atoms with van der Waals surface area (Å²) in [7, 11) is 0. The smallest absolute Gasteiger partial charge is 0.145 e. The van der Waals surface area contributed by atoms with Crippen LogP contribution in [0.2, 0.25) is 0 Å². The van der Waals surface area contributed by atoms with Gasteiger partial charge in [-0.25, -0.2) is 0 Å². The van der Waals surface area contributed by atoms with Crippen LogP contribution in [0.5, 0.6) is 0 Å². The van der Waals surface area contributed by atoms with Gasteiger partial charge in [0, 0.05) is 11.9 Å². The van der Waals surface area contributed by atoms with E-state index in [0.29, 0.717) is 5.92 Å². The van der Waals surface area contributed by atoms with Crippen molar-refractivity contribution in [3.63, 3.8) is 0 Å². The number of anilines is 1. The van der Waals surface area contributed by atoms with Gasteiger partial charge in [0.25, 0.3) is 0 Å². The maximum absolute atomic E-state index is 8.57. The minimum Gasteiger partial charge on any atom is -0.360 e. The molecule has 3 heteroatoms. The van der Waals surface area contributed by atoms with Crippen molar-refractivity contribution in [1.82, 2.24) is 0 Å². The molecule has 0 bridgehead atoms. The third-order valence-electron chi connectivity index (χ3n) is 2.18. The lowest BCUT2D eigenvalue weighted by atomic mass is 10.0. The monoisotopic (exact) mass is 211 g/mol. The van der Waals surface area contributed by atoms with Crippen LogP contribution in [0.3, 0.4) is 0 Å². The van der Waals surface area contributed by atoms with Crippen molar-refractivity contribution in [2.45, 2.75) is 19.8 Å². The molecule has 0 unspecified atom stereocenters. The van der Waals surface area contributed by atoms with E-state index in [1.165, 1.54) is 11.8 Å². The highest BCUT2D eigenvalue weighted by Gasteiger charge is 1.99. The number of hydrogen-bond acceptors (Lipinski definition) is 3. The molecular weight excluding hydrogens is 198 g/mol. The van der Waals surface area contributed by atoms with Gasteiger partial charge in [0.15, 0.2) is 0 Å². The first-order chi connectivity index (χ1) is 7.67. The minimum atomic E-state index is 0.0648. The maximum Gasteiger partial charge on any atom is 0.145 e. The molecule has 0 aliphatic rings. The highest BCUT2D eigenvalue weighted by Crippen LogP contribution is 2.18. The zero-order chi connectivity index (χ0) is 12.0. The van der Waals surface area contributed by atoms with E-state index in [9.17, 15) is 0 Å². The summed E-state index contributed by atoms with van der Waals surface area (Å²) < 4.78 is 0. The van der Waals surface area contributed by atoms with Crippen molar-refractivity contribution in [3.05, 3.63) is 41.6 Å². The number of nitrogens with zero attached hydrogens (tertiary/aromatic N) is 2. The summed E-state index contributed by atoms with van der Waals surface area (Å²) in [6.45, 7) is 4.23. The van der Waals surface area contributed by atoms with Crippen molar-refractivity contribution >= 4 is 5.69 Å². The number of hydrogen-bond donors (Lipinski definition) is 1. The molecule has 16 heavy (non-hydrogen) atoms. The fourth-order valence-electron chi connectivity index (χ4n) is 1.23. The van der Waals surface area contributed by atoms with Gasteiger partial charge >= 0.3 is 0 Å². The van der Waals surface area contributed by atoms with Crippen LogP contribution < -0.4 is 5.32 Å². The lowest BCUT2D eigenvalue weighted by Crippen LogP contribution is -1.92. The van der Waals surface area contributed by atoms with Crippen molar-refractivity contribution in [2.24, 2.45) is 0 Å². The van der Waals surface area contributed by atoms with Gasteiger partial charge in [0.2, 0.25) is 0 Å². The van der Waals surface area contributed by atoms with Gasteiger partial charge in [0.05, 0.1) is 0 Å². The summed E-state index contributed by atoms with van der Waals surface area (Å²) >= 11 is 0. The van der Waals surface area contributed by atoms with Gasteiger partial charge < -0.3 is 5.32 Å². The van der Waals surface area contributed by atoms with Crippen LogP contribution in [0.1, 0.15) is 25.3 Å². The van der Waals surface area contributed by atoms with Gasteiger partial charge in [-0.1, -0.05) is 26.0 Å². The second-order valence-electron chi connectivity index (χ2n) is 3.71. The molecule has 1 aromatic rings. The average molecular weight is 211 g/mol. The first kappa shape index (κ1) is 11.8. The van der Waals surface area contributed by atoms with E-state index >= 15 is 0 Å². The number of rotatable bonds is 3. The van der Waals surface area contributed by atoms with Gasteiger partial charge in [-0.05, 0) is 23.6 Å². The van der Waals surface area contributed by atoms with E-state index in [4.69, 9.17) is 10.5 Å². The van der Waals surface area contributed by atoms with Gasteiger partial charge in [-0.2, -0.15) is 10.5 Å². The lowest BCUT2D eigenvalue weighted by Gasteiger charge is -2.07. The molecule has 0 atom stereocenters. The molecule has 0 fully saturated rings. The summed E-state index contributed by atoms with van der Waals surface area (Å²) in [6.07, 6.45) is 1.42. The van der Waals surface area contributed by atoms with Crippen LogP contribution in [-0.4, -0.2) is 0 Å². The predicted octanol–water partition coefficient (Wildman–Crippen LogP) is 3.15. The van der Waals surface area contributed by atoms with Crippen LogP contribution in [0.25, 0.3) is 0 Å². The van der Waals surface area contributed by atoms with Crippen LogP contribution in [0, 0.1) is 22.7 Å². The van der Waals surface area contributed by atoms with Crippen LogP contribution >= 0.6 is 0 Å². The van der Waals surface area contributed by atoms with Crippen LogP contribution in [0.15, 0.2) is 36.0 Å². The quantitative estimate of drug-likeness (QED) is 0.781. The number of nitriles is 2. The van der Waals surface area contributed by atoms with E-state index in [0.717, 1.165) is 5.69 Å². The Morgan fingerprint density at radius 3 is 2.56 bits per heavy atom. The van der Waals surface area contributed by atoms with Gasteiger partial charge in [-0.15, -0.1) is 0 Å². The first-order valence-electron chi connectivity index (χ1n) is 5.04. The molecular formula is C13H13N3. The maximum atomic E-state index is 8.57. The Hall–Kier alpha value is -2.26. The Morgan fingerprint density at radius 1 is 1.31 bits per heavy atom. The van der Waals surface area contributed by atoms with Crippen LogP contribution in [-0.2, 0) is 0 Å². The SMILES string of the molecule is CC(C)c1cccc(NC=C(C#N)C#N)c1. The molecule has 0 heterocycles. The second kappa shape index (κ2) is 5.58. The summed E-state index contributed by atoms with van der Waals surface area (Å²) in [6, 6.07) is 11.5. The molecule has 0 radical (unpaired) electrons. The Balaban J connectivity index is 2.84. The molecule has 1 N–H and O–H groups in total. The summed E-state index contributed by atoms with van der Waals surface area (Å²) in [5.41, 5.74) is 2.16. The molecule has 0 saturated carbocycles. The number of nitrogens with one attached hydrogen (secondary N) is 1. The zero-order valence-corrected chi connectivity index (χ0v) is 9.36. The third kappa shape index (κ3) is 3.15. The highest BCUT2D eigenvalue weighted by molar-refractivity contribution is 5.51. The Bertz CT molecular complexity index is 457. The van der Waals surface area contributed by atoms with E-state index in [1.54, 1.807) is 12.1 Å². The molecule has 80 valence electrons. The normalized spacial score (nSPS) is 9.06.